The van der Waals surface area contributed by atoms with Crippen molar-refractivity contribution in [1.29, 1.82) is 0 Å². The molecule has 2 aromatic carbocycles. The maximum absolute atomic E-state index is 9.66. The summed E-state index contributed by atoms with van der Waals surface area (Å²) in [7, 11) is 0. The molecule has 0 radical (unpaired) electrons. The maximum Gasteiger partial charge on any atom is 0.119 e. The van der Waals surface area contributed by atoms with Crippen LogP contribution in [0.3, 0.4) is 0 Å². The predicted molar refractivity (Wildman–Crippen MR) is 64.2 cm³/mol. The molecule has 0 heterocycles. The van der Waals surface area contributed by atoms with Gasteiger partial charge in [-0.2, -0.15) is 0 Å². The Balaban J connectivity index is 2.63. The first-order valence-electron chi connectivity index (χ1n) is 5.21. The van der Waals surface area contributed by atoms with Gasteiger partial charge in [-0.3, -0.25) is 0 Å². The molecular weight excluding hydrogens is 200 g/mol. The van der Waals surface area contributed by atoms with Crippen molar-refractivity contribution in [3.8, 4) is 16.9 Å². The Morgan fingerprint density at radius 2 is 1.62 bits per heavy atom. The number of hydrogen-bond donors (Lipinski definition) is 2. The first-order chi connectivity index (χ1) is 7.74. The van der Waals surface area contributed by atoms with Gasteiger partial charge in [0.1, 0.15) is 5.75 Å². The summed E-state index contributed by atoms with van der Waals surface area (Å²) < 4.78 is 0. The second kappa shape index (κ2) is 4.37. The van der Waals surface area contributed by atoms with Gasteiger partial charge in [0.15, 0.2) is 0 Å². The molecule has 0 unspecified atom stereocenters. The minimum atomic E-state index is 0.00523. The number of phenols is 1. The molecule has 0 aliphatic heterocycles. The lowest BCUT2D eigenvalue weighted by Crippen LogP contribution is -1.91. The van der Waals surface area contributed by atoms with E-state index < -0.39 is 0 Å². The van der Waals surface area contributed by atoms with E-state index in [-0.39, 0.29) is 12.4 Å². The Bertz CT molecular complexity index is 504. The van der Waals surface area contributed by atoms with E-state index in [0.717, 1.165) is 22.3 Å². The lowest BCUT2D eigenvalue weighted by atomic mass is 9.96. The zero-order chi connectivity index (χ0) is 11.5. The summed E-state index contributed by atoms with van der Waals surface area (Å²) >= 11 is 0. The quantitative estimate of drug-likeness (QED) is 0.807. The zero-order valence-electron chi connectivity index (χ0n) is 9.14. The summed E-state index contributed by atoms with van der Waals surface area (Å²) in [4.78, 5) is 0. The molecule has 2 heteroatoms. The van der Waals surface area contributed by atoms with Crippen molar-refractivity contribution in [2.24, 2.45) is 0 Å². The van der Waals surface area contributed by atoms with Crippen LogP contribution in [0.5, 0.6) is 5.75 Å². The number of rotatable bonds is 2. The van der Waals surface area contributed by atoms with Gasteiger partial charge < -0.3 is 10.2 Å². The lowest BCUT2D eigenvalue weighted by Gasteiger charge is -2.11. The normalized spacial score (nSPS) is 10.4. The molecule has 0 spiro atoms. The molecule has 0 bridgehead atoms. The van der Waals surface area contributed by atoms with Gasteiger partial charge in [-0.25, -0.2) is 0 Å². The van der Waals surface area contributed by atoms with E-state index in [0.29, 0.717) is 0 Å². The first kappa shape index (κ1) is 10.7. The Morgan fingerprint density at radius 3 is 2.38 bits per heavy atom. The van der Waals surface area contributed by atoms with Crippen molar-refractivity contribution in [3.63, 3.8) is 0 Å². The van der Waals surface area contributed by atoms with Gasteiger partial charge in [0.25, 0.3) is 0 Å². The van der Waals surface area contributed by atoms with E-state index in [2.05, 4.69) is 0 Å². The van der Waals surface area contributed by atoms with Gasteiger partial charge in [0.05, 0.1) is 6.61 Å². The summed E-state index contributed by atoms with van der Waals surface area (Å²) in [6.07, 6.45) is 0. The summed E-state index contributed by atoms with van der Waals surface area (Å²) in [6.45, 7) is 1.88. The molecule has 0 aliphatic carbocycles. The van der Waals surface area contributed by atoms with E-state index in [4.69, 9.17) is 0 Å². The fraction of sp³-hybridized carbons (Fsp3) is 0.143. The van der Waals surface area contributed by atoms with E-state index >= 15 is 0 Å². The largest absolute Gasteiger partial charge is 0.508 e. The molecule has 2 N–H and O–H groups in total. The summed E-state index contributed by atoms with van der Waals surface area (Å²) in [5, 5.41) is 18.9. The minimum Gasteiger partial charge on any atom is -0.508 e. The van der Waals surface area contributed by atoms with E-state index in [1.54, 1.807) is 6.07 Å². The van der Waals surface area contributed by atoms with Crippen LogP contribution in [0.2, 0.25) is 0 Å². The number of aliphatic hydroxyl groups is 1. The fourth-order valence-electron chi connectivity index (χ4n) is 1.84. The van der Waals surface area contributed by atoms with Gasteiger partial charge in [-0.05, 0) is 35.2 Å². The molecule has 0 fully saturated rings. The number of aliphatic hydroxyl groups excluding tert-OH is 1. The molecule has 2 aromatic rings. The molecule has 2 nitrogen and oxygen atoms in total. The molecular formula is C14H14O2. The topological polar surface area (TPSA) is 40.5 Å². The Hall–Kier alpha value is -1.80. The third-order valence-electron chi connectivity index (χ3n) is 2.78. The van der Waals surface area contributed by atoms with E-state index in [1.807, 2.05) is 43.3 Å². The van der Waals surface area contributed by atoms with Crippen LogP contribution < -0.4 is 0 Å². The minimum absolute atomic E-state index is 0.00523. The van der Waals surface area contributed by atoms with Crippen LogP contribution in [0, 0.1) is 6.92 Å². The van der Waals surface area contributed by atoms with Gasteiger partial charge in [-0.15, -0.1) is 0 Å². The number of phenolic OH excluding ortho intramolecular Hbond substituents is 1. The highest BCUT2D eigenvalue weighted by atomic mass is 16.3. The molecule has 0 aliphatic rings. The summed E-state index contributed by atoms with van der Waals surface area (Å²) in [6, 6.07) is 13.1. The fourth-order valence-corrected chi connectivity index (χ4v) is 1.84. The van der Waals surface area contributed by atoms with Crippen LogP contribution in [0.15, 0.2) is 42.5 Å². The monoisotopic (exact) mass is 214 g/mol. The average Bonchev–Trinajstić information content (AvgIpc) is 2.33. The van der Waals surface area contributed by atoms with E-state index in [1.165, 1.54) is 0 Å². The van der Waals surface area contributed by atoms with Gasteiger partial charge in [0.2, 0.25) is 0 Å². The van der Waals surface area contributed by atoms with Crippen LogP contribution in [0.25, 0.3) is 11.1 Å². The molecule has 0 saturated heterocycles. The maximum atomic E-state index is 9.66. The smallest absolute Gasteiger partial charge is 0.119 e. The number of hydrogen-bond acceptors (Lipinski definition) is 2. The molecule has 82 valence electrons. The van der Waals surface area contributed by atoms with E-state index in [9.17, 15) is 10.2 Å². The van der Waals surface area contributed by atoms with Crippen molar-refractivity contribution in [3.05, 3.63) is 53.6 Å². The van der Waals surface area contributed by atoms with Gasteiger partial charge >= 0.3 is 0 Å². The standard InChI is InChI=1S/C14H14O2/c1-10-12(7-4-8-14(10)16)13-6-3-2-5-11(13)9-15/h2-8,15-16H,9H2,1H3. The zero-order valence-corrected chi connectivity index (χ0v) is 9.14. The molecule has 0 aromatic heterocycles. The highest BCUT2D eigenvalue weighted by Gasteiger charge is 2.08. The van der Waals surface area contributed by atoms with Crippen molar-refractivity contribution >= 4 is 0 Å². The molecule has 16 heavy (non-hydrogen) atoms. The Labute approximate surface area is 94.8 Å². The number of benzene rings is 2. The van der Waals surface area contributed by atoms with Gasteiger partial charge in [-0.1, -0.05) is 36.4 Å². The second-order valence-electron chi connectivity index (χ2n) is 3.76. The molecule has 0 saturated carbocycles. The van der Waals surface area contributed by atoms with Crippen LogP contribution in [0.4, 0.5) is 0 Å². The van der Waals surface area contributed by atoms with Crippen LogP contribution in [-0.4, -0.2) is 10.2 Å². The first-order valence-corrected chi connectivity index (χ1v) is 5.21. The summed E-state index contributed by atoms with van der Waals surface area (Å²) in [5.74, 6) is 0.283. The third kappa shape index (κ3) is 1.79. The van der Waals surface area contributed by atoms with Crippen molar-refractivity contribution in [2.45, 2.75) is 13.5 Å². The molecule has 0 atom stereocenters. The Morgan fingerprint density at radius 1 is 0.938 bits per heavy atom. The van der Waals surface area contributed by atoms with Crippen molar-refractivity contribution in [2.75, 3.05) is 0 Å². The summed E-state index contributed by atoms with van der Waals surface area (Å²) in [5.41, 5.74) is 3.64. The predicted octanol–water partition coefficient (Wildman–Crippen LogP) is 2.86. The van der Waals surface area contributed by atoms with Gasteiger partial charge in [0, 0.05) is 0 Å². The average molecular weight is 214 g/mol. The highest BCUT2D eigenvalue weighted by molar-refractivity contribution is 5.72. The number of aromatic hydroxyl groups is 1. The van der Waals surface area contributed by atoms with Crippen molar-refractivity contribution < 1.29 is 10.2 Å². The van der Waals surface area contributed by atoms with Crippen LogP contribution >= 0.6 is 0 Å². The molecule has 0 amide bonds. The second-order valence-corrected chi connectivity index (χ2v) is 3.76. The van der Waals surface area contributed by atoms with Crippen molar-refractivity contribution in [1.82, 2.24) is 0 Å². The highest BCUT2D eigenvalue weighted by Crippen LogP contribution is 2.31. The lowest BCUT2D eigenvalue weighted by molar-refractivity contribution is 0.282. The SMILES string of the molecule is Cc1c(O)cccc1-c1ccccc1CO. The van der Waals surface area contributed by atoms with Crippen LogP contribution in [0.1, 0.15) is 11.1 Å². The molecule has 2 rings (SSSR count). The van der Waals surface area contributed by atoms with Crippen LogP contribution in [-0.2, 0) is 6.61 Å². The third-order valence-corrected chi connectivity index (χ3v) is 2.78. The Kier molecular flexibility index (Phi) is 2.93.